The maximum Gasteiger partial charge on any atom is 0.287 e. The molecule has 0 fully saturated rings. The first-order valence-corrected chi connectivity index (χ1v) is 6.84. The van der Waals surface area contributed by atoms with Crippen LogP contribution in [0, 0.1) is 10.1 Å². The molecule has 2 heterocycles. The van der Waals surface area contributed by atoms with Crippen LogP contribution in [-0.4, -0.2) is 46.1 Å². The molecular formula is C11H15N4O4P. The SMILES string of the molecule is CN(CP)C(=O)CC1CNC(=O)c2cc([N+](=O)[O-])cn21. The minimum absolute atomic E-state index is 0.0801. The third-order valence-electron chi connectivity index (χ3n) is 3.28. The van der Waals surface area contributed by atoms with E-state index in [9.17, 15) is 19.7 Å². The van der Waals surface area contributed by atoms with Gasteiger partial charge in [-0.2, -0.15) is 0 Å². The zero-order valence-corrected chi connectivity index (χ0v) is 12.1. The Morgan fingerprint density at radius 3 is 3.00 bits per heavy atom. The number of carbonyl (C=O) groups is 2. The van der Waals surface area contributed by atoms with E-state index in [2.05, 4.69) is 14.6 Å². The lowest BCUT2D eigenvalue weighted by molar-refractivity contribution is -0.384. The summed E-state index contributed by atoms with van der Waals surface area (Å²) in [5.74, 6) is -0.440. The molecule has 2 amide bonds. The van der Waals surface area contributed by atoms with Gasteiger partial charge in [0.1, 0.15) is 5.69 Å². The smallest absolute Gasteiger partial charge is 0.287 e. The minimum atomic E-state index is -0.549. The van der Waals surface area contributed by atoms with E-state index in [1.54, 1.807) is 11.9 Å². The van der Waals surface area contributed by atoms with Gasteiger partial charge in [-0.3, -0.25) is 19.7 Å². The molecular weight excluding hydrogens is 283 g/mol. The van der Waals surface area contributed by atoms with Crippen molar-refractivity contribution in [1.29, 1.82) is 0 Å². The van der Waals surface area contributed by atoms with Gasteiger partial charge in [-0.05, 0) is 0 Å². The molecule has 0 radical (unpaired) electrons. The Bertz CT molecular complexity index is 571. The number of nitrogens with one attached hydrogen (secondary N) is 1. The van der Waals surface area contributed by atoms with E-state index in [4.69, 9.17) is 0 Å². The highest BCUT2D eigenvalue weighted by molar-refractivity contribution is 7.16. The number of hydrogen-bond acceptors (Lipinski definition) is 4. The van der Waals surface area contributed by atoms with Crippen LogP contribution in [0.15, 0.2) is 12.3 Å². The Balaban J connectivity index is 2.26. The molecule has 9 heteroatoms. The summed E-state index contributed by atoms with van der Waals surface area (Å²) in [7, 11) is 4.13. The third kappa shape index (κ3) is 2.65. The van der Waals surface area contributed by atoms with Gasteiger partial charge in [0.05, 0.1) is 17.2 Å². The van der Waals surface area contributed by atoms with E-state index in [1.807, 2.05) is 0 Å². The Morgan fingerprint density at radius 2 is 2.40 bits per heavy atom. The second kappa shape index (κ2) is 5.58. The quantitative estimate of drug-likeness (QED) is 0.493. The number of amides is 2. The van der Waals surface area contributed by atoms with Gasteiger partial charge in [0.2, 0.25) is 5.91 Å². The number of fused-ring (bicyclic) bond motifs is 1. The molecule has 8 nitrogen and oxygen atoms in total. The molecule has 2 atom stereocenters. The van der Waals surface area contributed by atoms with E-state index in [-0.39, 0.29) is 42.2 Å². The maximum atomic E-state index is 11.9. The highest BCUT2D eigenvalue weighted by Crippen LogP contribution is 2.25. The lowest BCUT2D eigenvalue weighted by Gasteiger charge is -2.27. The molecule has 0 aromatic carbocycles. The van der Waals surface area contributed by atoms with Gasteiger partial charge in [-0.25, -0.2) is 0 Å². The van der Waals surface area contributed by atoms with Crippen molar-refractivity contribution in [2.24, 2.45) is 0 Å². The van der Waals surface area contributed by atoms with Gasteiger partial charge >= 0.3 is 0 Å². The fraction of sp³-hybridized carbons (Fsp3) is 0.455. The molecule has 1 aromatic heterocycles. The topological polar surface area (TPSA) is 97.5 Å². The van der Waals surface area contributed by atoms with Crippen molar-refractivity contribution in [2.75, 3.05) is 19.9 Å². The van der Waals surface area contributed by atoms with Gasteiger partial charge in [0.25, 0.3) is 11.6 Å². The largest absolute Gasteiger partial charge is 0.349 e. The highest BCUT2D eigenvalue weighted by Gasteiger charge is 2.30. The van der Waals surface area contributed by atoms with Crippen LogP contribution in [0.4, 0.5) is 5.69 Å². The number of hydrogen-bond donors (Lipinski definition) is 1. The van der Waals surface area contributed by atoms with Crippen LogP contribution in [0.1, 0.15) is 23.0 Å². The van der Waals surface area contributed by atoms with E-state index in [1.165, 1.54) is 16.8 Å². The second-order valence-electron chi connectivity index (χ2n) is 4.59. The van der Waals surface area contributed by atoms with Gasteiger partial charge in [-0.15, -0.1) is 9.24 Å². The van der Waals surface area contributed by atoms with Crippen LogP contribution < -0.4 is 5.32 Å². The Kier molecular flexibility index (Phi) is 4.04. The number of nitrogens with zero attached hydrogens (tertiary/aromatic N) is 3. The molecule has 0 bridgehead atoms. The number of carbonyl (C=O) groups excluding carboxylic acids is 2. The van der Waals surface area contributed by atoms with Crippen LogP contribution >= 0.6 is 9.24 Å². The van der Waals surface area contributed by atoms with E-state index in [0.717, 1.165) is 0 Å². The van der Waals surface area contributed by atoms with Gasteiger partial charge in [-0.1, -0.05) is 0 Å². The molecule has 1 aromatic rings. The molecule has 108 valence electrons. The van der Waals surface area contributed by atoms with Crippen LogP contribution in [0.5, 0.6) is 0 Å². The van der Waals surface area contributed by atoms with Crippen molar-refractivity contribution in [3.63, 3.8) is 0 Å². The second-order valence-corrected chi connectivity index (χ2v) is 4.96. The van der Waals surface area contributed by atoms with Crippen molar-refractivity contribution in [1.82, 2.24) is 14.8 Å². The summed E-state index contributed by atoms with van der Waals surface area (Å²) < 4.78 is 1.52. The number of nitro groups is 1. The third-order valence-corrected chi connectivity index (χ3v) is 3.83. The first-order valence-electron chi connectivity index (χ1n) is 6.02. The van der Waals surface area contributed by atoms with Crippen LogP contribution in [0.3, 0.4) is 0 Å². The highest BCUT2D eigenvalue weighted by atomic mass is 31.0. The Morgan fingerprint density at radius 1 is 1.70 bits per heavy atom. The summed E-state index contributed by atoms with van der Waals surface area (Å²) in [4.78, 5) is 35.4. The molecule has 0 spiro atoms. The molecule has 1 N–H and O–H groups in total. The average molecular weight is 298 g/mol. The van der Waals surface area contributed by atoms with Crippen molar-refractivity contribution in [3.8, 4) is 0 Å². The van der Waals surface area contributed by atoms with Crippen LogP contribution in [0.25, 0.3) is 0 Å². The summed E-state index contributed by atoms with van der Waals surface area (Å²) >= 11 is 0. The summed E-state index contributed by atoms with van der Waals surface area (Å²) in [5, 5.41) is 13.4. The van der Waals surface area contributed by atoms with Gasteiger partial charge in [0.15, 0.2) is 0 Å². The van der Waals surface area contributed by atoms with Crippen molar-refractivity contribution in [3.05, 3.63) is 28.1 Å². The molecule has 2 rings (SSSR count). The maximum absolute atomic E-state index is 11.9. The Labute approximate surface area is 117 Å². The van der Waals surface area contributed by atoms with E-state index in [0.29, 0.717) is 6.29 Å². The molecule has 1 aliphatic rings. The van der Waals surface area contributed by atoms with Gasteiger partial charge < -0.3 is 14.8 Å². The van der Waals surface area contributed by atoms with Crippen molar-refractivity contribution in [2.45, 2.75) is 12.5 Å². The fourth-order valence-electron chi connectivity index (χ4n) is 2.08. The predicted molar refractivity (Wildman–Crippen MR) is 74.4 cm³/mol. The lowest BCUT2D eigenvalue weighted by Crippen LogP contribution is -2.40. The summed E-state index contributed by atoms with van der Waals surface area (Å²) in [6.07, 6.45) is 2.01. The molecule has 0 saturated heterocycles. The summed E-state index contributed by atoms with van der Waals surface area (Å²) in [5.41, 5.74) is 0.0724. The molecule has 1 aliphatic heterocycles. The summed E-state index contributed by atoms with van der Waals surface area (Å²) in [6.45, 7) is 0.286. The molecule has 2 unspecified atom stereocenters. The standard InChI is InChI=1S/C11H15N4O4P/c1-13(6-20)10(16)3-7-4-12-11(17)9-2-8(15(18)19)5-14(7)9/h2,5,7H,3-4,6,20H2,1H3,(H,12,17). The normalized spacial score (nSPS) is 17.3. The zero-order chi connectivity index (χ0) is 14.9. The lowest BCUT2D eigenvalue weighted by atomic mass is 10.1. The van der Waals surface area contributed by atoms with E-state index < -0.39 is 4.92 Å². The Hall–Kier alpha value is -1.95. The molecule has 0 aliphatic carbocycles. The number of rotatable bonds is 4. The monoisotopic (exact) mass is 298 g/mol. The van der Waals surface area contributed by atoms with Crippen LogP contribution in [0.2, 0.25) is 0 Å². The zero-order valence-electron chi connectivity index (χ0n) is 10.9. The first-order chi connectivity index (χ1) is 9.43. The molecule has 20 heavy (non-hydrogen) atoms. The average Bonchev–Trinajstić information content (AvgIpc) is 2.87. The van der Waals surface area contributed by atoms with E-state index >= 15 is 0 Å². The van der Waals surface area contributed by atoms with Crippen molar-refractivity contribution >= 4 is 26.7 Å². The van der Waals surface area contributed by atoms with Crippen molar-refractivity contribution < 1.29 is 14.5 Å². The minimum Gasteiger partial charge on any atom is -0.349 e. The predicted octanol–water partition coefficient (Wildman–Crippen LogP) is 0.362. The summed E-state index contributed by atoms with van der Waals surface area (Å²) in [6, 6.07) is 0.925. The van der Waals surface area contributed by atoms with Gasteiger partial charge in [0, 0.05) is 32.4 Å². The fourth-order valence-corrected chi connectivity index (χ4v) is 2.28. The van der Waals surface area contributed by atoms with Crippen LogP contribution in [-0.2, 0) is 4.79 Å². The first kappa shape index (κ1) is 14.5. The number of aromatic nitrogens is 1. The molecule has 0 saturated carbocycles.